The Morgan fingerprint density at radius 3 is 2.82 bits per heavy atom. The molecule has 0 saturated carbocycles. The number of amides is 1. The number of rotatable bonds is 4. The molecule has 1 saturated heterocycles. The Bertz CT molecular complexity index is 506. The second-order valence-corrected chi connectivity index (χ2v) is 5.52. The van der Waals surface area contributed by atoms with Crippen LogP contribution in [0.15, 0.2) is 24.3 Å². The molecule has 0 spiro atoms. The lowest BCUT2D eigenvalue weighted by molar-refractivity contribution is -0.134. The lowest BCUT2D eigenvalue weighted by Gasteiger charge is -2.32. The maximum absolute atomic E-state index is 12.5. The van der Waals surface area contributed by atoms with Crippen LogP contribution in [0.25, 0.3) is 0 Å². The first-order valence-electron chi connectivity index (χ1n) is 7.68. The number of nitrogens with one attached hydrogen (secondary N) is 1. The Morgan fingerprint density at radius 1 is 1.36 bits per heavy atom. The number of carbonyl (C=O) groups is 1. The molecule has 1 amide bonds. The molecule has 2 aliphatic heterocycles. The fraction of sp³-hybridized carbons (Fsp3) is 0.562. The molecule has 1 fully saturated rings. The summed E-state index contributed by atoms with van der Waals surface area (Å²) in [7, 11) is 0. The van der Waals surface area contributed by atoms with Gasteiger partial charge in [0.2, 0.25) is 5.91 Å². The van der Waals surface area contributed by atoms with Crippen molar-refractivity contribution in [2.24, 2.45) is 0 Å². The zero-order chi connectivity index (χ0) is 14.7. The highest BCUT2D eigenvalue weighted by molar-refractivity contribution is 5.85. The number of para-hydroxylation sites is 2. The molecule has 0 aliphatic carbocycles. The molecule has 1 aromatic rings. The highest BCUT2D eigenvalue weighted by Gasteiger charge is 2.29. The van der Waals surface area contributed by atoms with Crippen LogP contribution in [0.3, 0.4) is 0 Å². The van der Waals surface area contributed by atoms with E-state index in [-0.39, 0.29) is 30.5 Å². The number of benzene rings is 1. The van der Waals surface area contributed by atoms with E-state index in [1.165, 1.54) is 0 Å². The molecule has 0 radical (unpaired) electrons. The largest absolute Gasteiger partial charge is 0.486 e. The van der Waals surface area contributed by atoms with Gasteiger partial charge in [-0.15, -0.1) is 12.4 Å². The Balaban J connectivity index is 0.00000176. The number of nitrogens with zero attached hydrogens (tertiary/aromatic N) is 1. The second-order valence-electron chi connectivity index (χ2n) is 5.52. The highest BCUT2D eigenvalue weighted by Crippen LogP contribution is 2.31. The lowest BCUT2D eigenvalue weighted by atomic mass is 10.2. The van der Waals surface area contributed by atoms with Crippen LogP contribution in [-0.4, -0.2) is 49.2 Å². The van der Waals surface area contributed by atoms with Crippen molar-refractivity contribution in [1.82, 2.24) is 10.2 Å². The number of carbonyl (C=O) groups excluding carboxylic acids is 1. The summed E-state index contributed by atoms with van der Waals surface area (Å²) >= 11 is 0. The molecule has 2 unspecified atom stereocenters. The predicted octanol–water partition coefficient (Wildman–Crippen LogP) is 1.85. The maximum Gasteiger partial charge on any atom is 0.239 e. The number of halogens is 1. The molecular weight excluding hydrogens is 304 g/mol. The fourth-order valence-corrected chi connectivity index (χ4v) is 2.89. The molecule has 22 heavy (non-hydrogen) atoms. The first kappa shape index (κ1) is 16.9. The van der Waals surface area contributed by atoms with Crippen molar-refractivity contribution in [2.45, 2.75) is 31.9 Å². The van der Waals surface area contributed by atoms with Crippen LogP contribution in [-0.2, 0) is 4.79 Å². The zero-order valence-corrected chi connectivity index (χ0v) is 13.6. The predicted molar refractivity (Wildman–Crippen MR) is 86.9 cm³/mol. The Labute approximate surface area is 137 Å². The summed E-state index contributed by atoms with van der Waals surface area (Å²) in [5, 5.41) is 3.26. The Kier molecular flexibility index (Phi) is 5.91. The minimum absolute atomic E-state index is 0. The first-order chi connectivity index (χ1) is 10.3. The average Bonchev–Trinajstić information content (AvgIpc) is 3.06. The molecule has 5 nitrogen and oxygen atoms in total. The highest BCUT2D eigenvalue weighted by atomic mass is 35.5. The lowest BCUT2D eigenvalue weighted by Crippen LogP contribution is -2.49. The van der Waals surface area contributed by atoms with Crippen molar-refractivity contribution in [3.8, 4) is 11.5 Å². The van der Waals surface area contributed by atoms with Gasteiger partial charge in [0.15, 0.2) is 17.6 Å². The van der Waals surface area contributed by atoms with Crippen LogP contribution >= 0.6 is 12.4 Å². The summed E-state index contributed by atoms with van der Waals surface area (Å²) in [5.74, 6) is 1.72. The molecule has 2 heterocycles. The van der Waals surface area contributed by atoms with E-state index in [1.807, 2.05) is 36.1 Å². The fourth-order valence-electron chi connectivity index (χ4n) is 2.89. The summed E-state index contributed by atoms with van der Waals surface area (Å²) in [6.07, 6.45) is 1.90. The van der Waals surface area contributed by atoms with Crippen molar-refractivity contribution in [2.75, 3.05) is 26.2 Å². The Hall–Kier alpha value is -1.46. The molecule has 122 valence electrons. The van der Waals surface area contributed by atoms with Crippen molar-refractivity contribution in [3.63, 3.8) is 0 Å². The number of likely N-dealkylation sites (N-methyl/N-ethyl adjacent to an activating group) is 1. The van der Waals surface area contributed by atoms with E-state index in [1.54, 1.807) is 0 Å². The van der Waals surface area contributed by atoms with E-state index in [0.717, 1.165) is 30.9 Å². The minimum Gasteiger partial charge on any atom is -0.486 e. The number of fused-ring (bicyclic) bond motifs is 1. The molecule has 6 heteroatoms. The van der Waals surface area contributed by atoms with Gasteiger partial charge in [-0.2, -0.15) is 0 Å². The molecular formula is C16H23ClN2O3. The van der Waals surface area contributed by atoms with Crippen molar-refractivity contribution in [3.05, 3.63) is 24.3 Å². The van der Waals surface area contributed by atoms with Crippen molar-refractivity contribution in [1.29, 1.82) is 0 Å². The smallest absolute Gasteiger partial charge is 0.239 e. The molecule has 1 N–H and O–H groups in total. The van der Waals surface area contributed by atoms with Crippen LogP contribution in [0.1, 0.15) is 19.8 Å². The van der Waals surface area contributed by atoms with Crippen LogP contribution in [0.5, 0.6) is 11.5 Å². The standard InChI is InChI=1S/C16H22N2O3.ClH/c1-2-18(16(19)13-6-5-9-17-13)10-12-11-20-14-7-3-4-8-15(14)21-12;/h3-4,7-8,12-13,17H,2,5-6,9-11H2,1H3;1H. The third-order valence-corrected chi connectivity index (χ3v) is 4.04. The summed E-state index contributed by atoms with van der Waals surface area (Å²) in [4.78, 5) is 14.3. The van der Waals surface area contributed by atoms with E-state index in [2.05, 4.69) is 5.32 Å². The van der Waals surface area contributed by atoms with Gasteiger partial charge in [0.1, 0.15) is 6.61 Å². The third kappa shape index (κ3) is 3.65. The van der Waals surface area contributed by atoms with Crippen LogP contribution in [0.4, 0.5) is 0 Å². The monoisotopic (exact) mass is 326 g/mol. The quantitative estimate of drug-likeness (QED) is 0.917. The minimum atomic E-state index is -0.106. The van der Waals surface area contributed by atoms with E-state index in [9.17, 15) is 4.79 Å². The van der Waals surface area contributed by atoms with E-state index in [0.29, 0.717) is 19.7 Å². The van der Waals surface area contributed by atoms with Gasteiger partial charge in [-0.05, 0) is 38.4 Å². The number of hydrogen-bond acceptors (Lipinski definition) is 4. The van der Waals surface area contributed by atoms with Crippen LogP contribution in [0, 0.1) is 0 Å². The van der Waals surface area contributed by atoms with Crippen molar-refractivity contribution < 1.29 is 14.3 Å². The summed E-state index contributed by atoms with van der Waals surface area (Å²) in [6.45, 7) is 4.69. The number of hydrogen-bond donors (Lipinski definition) is 1. The maximum atomic E-state index is 12.5. The van der Waals surface area contributed by atoms with Crippen molar-refractivity contribution >= 4 is 18.3 Å². The molecule has 3 rings (SSSR count). The van der Waals surface area contributed by atoms with Gasteiger partial charge in [0.05, 0.1) is 12.6 Å². The molecule has 0 aromatic heterocycles. The van der Waals surface area contributed by atoms with Crippen LogP contribution < -0.4 is 14.8 Å². The van der Waals surface area contributed by atoms with E-state index in [4.69, 9.17) is 9.47 Å². The zero-order valence-electron chi connectivity index (χ0n) is 12.8. The summed E-state index contributed by atoms with van der Waals surface area (Å²) in [5.41, 5.74) is 0. The normalized spacial score (nSPS) is 22.8. The average molecular weight is 327 g/mol. The van der Waals surface area contributed by atoms with Gasteiger partial charge < -0.3 is 19.7 Å². The van der Waals surface area contributed by atoms with Gasteiger partial charge in [-0.1, -0.05) is 12.1 Å². The van der Waals surface area contributed by atoms with Gasteiger partial charge in [-0.25, -0.2) is 0 Å². The first-order valence-corrected chi connectivity index (χ1v) is 7.68. The van der Waals surface area contributed by atoms with Gasteiger partial charge >= 0.3 is 0 Å². The molecule has 1 aromatic carbocycles. The summed E-state index contributed by atoms with van der Waals surface area (Å²) in [6, 6.07) is 7.63. The third-order valence-electron chi connectivity index (χ3n) is 4.04. The SMILES string of the molecule is CCN(CC1COc2ccccc2O1)C(=O)C1CCCN1.Cl. The van der Waals surface area contributed by atoms with Gasteiger partial charge in [-0.3, -0.25) is 4.79 Å². The van der Waals surface area contributed by atoms with Crippen LogP contribution in [0.2, 0.25) is 0 Å². The van der Waals surface area contributed by atoms with E-state index >= 15 is 0 Å². The van der Waals surface area contributed by atoms with E-state index < -0.39 is 0 Å². The second kappa shape index (κ2) is 7.70. The van der Waals surface area contributed by atoms with Gasteiger partial charge in [0, 0.05) is 6.54 Å². The summed E-state index contributed by atoms with van der Waals surface area (Å²) < 4.78 is 11.6. The molecule has 2 atom stereocenters. The van der Waals surface area contributed by atoms with Gasteiger partial charge in [0.25, 0.3) is 0 Å². The topological polar surface area (TPSA) is 50.8 Å². The molecule has 0 bridgehead atoms. The Morgan fingerprint density at radius 2 is 2.14 bits per heavy atom. The molecule has 2 aliphatic rings. The number of ether oxygens (including phenoxy) is 2.